The van der Waals surface area contributed by atoms with Crippen molar-refractivity contribution < 1.29 is 9.53 Å². The van der Waals surface area contributed by atoms with E-state index in [1.54, 1.807) is 23.2 Å². The summed E-state index contributed by atoms with van der Waals surface area (Å²) in [6.07, 6.45) is 1.71. The van der Waals surface area contributed by atoms with Gasteiger partial charge in [-0.15, -0.1) is 0 Å². The number of aromatic nitrogens is 1. The third-order valence-electron chi connectivity index (χ3n) is 2.74. The Morgan fingerprint density at radius 3 is 3.24 bits per heavy atom. The van der Waals surface area contributed by atoms with Gasteiger partial charge in [-0.2, -0.15) is 0 Å². The Kier molecular flexibility index (Phi) is 4.06. The smallest absolute Gasteiger partial charge is 0.272 e. The zero-order valence-corrected chi connectivity index (χ0v) is 9.93. The highest BCUT2D eigenvalue weighted by atomic mass is 16.5. The van der Waals surface area contributed by atoms with Crippen molar-refractivity contribution in [3.8, 4) is 0 Å². The Bertz CT molecular complexity index is 367. The molecule has 1 atom stereocenters. The molecule has 0 aromatic carbocycles. The number of nitrogens with one attached hydrogen (secondary N) is 1. The lowest BCUT2D eigenvalue weighted by molar-refractivity contribution is -0.0198. The third-order valence-corrected chi connectivity index (χ3v) is 2.74. The minimum Gasteiger partial charge on any atom is -0.373 e. The number of ether oxygens (including phenoxy) is 1. The second-order valence-electron chi connectivity index (χ2n) is 4.02. The second kappa shape index (κ2) is 5.75. The van der Waals surface area contributed by atoms with Crippen LogP contribution in [0.4, 0.5) is 0 Å². The lowest BCUT2D eigenvalue weighted by atomic mass is 10.2. The molecule has 1 saturated heterocycles. The van der Waals surface area contributed by atoms with Crippen molar-refractivity contribution in [3.63, 3.8) is 0 Å². The van der Waals surface area contributed by atoms with Crippen LogP contribution >= 0.6 is 0 Å². The molecule has 0 spiro atoms. The lowest BCUT2D eigenvalue weighted by Gasteiger charge is -2.32. The van der Waals surface area contributed by atoms with Gasteiger partial charge in [-0.1, -0.05) is 6.07 Å². The molecule has 5 nitrogen and oxygen atoms in total. The van der Waals surface area contributed by atoms with Crippen LogP contribution in [0.25, 0.3) is 0 Å². The molecule has 1 aliphatic rings. The average Bonchev–Trinajstić information content (AvgIpc) is 2.40. The Morgan fingerprint density at radius 1 is 1.65 bits per heavy atom. The molecule has 1 unspecified atom stereocenters. The van der Waals surface area contributed by atoms with E-state index in [9.17, 15) is 4.79 Å². The van der Waals surface area contributed by atoms with E-state index in [2.05, 4.69) is 10.3 Å². The minimum absolute atomic E-state index is 0.0185. The fraction of sp³-hybridized carbons (Fsp3) is 0.500. The summed E-state index contributed by atoms with van der Waals surface area (Å²) in [4.78, 5) is 18.0. The number of likely N-dealkylation sites (N-methyl/N-ethyl adjacent to an activating group) is 1. The van der Waals surface area contributed by atoms with Crippen LogP contribution in [0.15, 0.2) is 24.4 Å². The first-order chi connectivity index (χ1) is 8.31. The third kappa shape index (κ3) is 3.01. The minimum atomic E-state index is -0.0185. The number of hydrogen-bond donors (Lipinski definition) is 1. The number of nitrogens with zero attached hydrogens (tertiary/aromatic N) is 2. The Labute approximate surface area is 101 Å². The normalized spacial score (nSPS) is 20.3. The Balaban J connectivity index is 2.00. The molecule has 0 aliphatic carbocycles. The van der Waals surface area contributed by atoms with Gasteiger partial charge in [-0.05, 0) is 19.2 Å². The Morgan fingerprint density at radius 2 is 2.53 bits per heavy atom. The van der Waals surface area contributed by atoms with Crippen molar-refractivity contribution in [2.75, 3.05) is 33.3 Å². The molecule has 17 heavy (non-hydrogen) atoms. The summed E-state index contributed by atoms with van der Waals surface area (Å²) in [5.41, 5.74) is 0.498. The summed E-state index contributed by atoms with van der Waals surface area (Å²) in [6.45, 7) is 2.60. The summed E-state index contributed by atoms with van der Waals surface area (Å²) in [5, 5.41) is 3.06. The van der Waals surface area contributed by atoms with Gasteiger partial charge in [0.2, 0.25) is 0 Å². The molecule has 2 rings (SSSR count). The predicted molar refractivity (Wildman–Crippen MR) is 63.8 cm³/mol. The number of carbonyl (C=O) groups excluding carboxylic acids is 1. The highest BCUT2D eigenvalue weighted by Crippen LogP contribution is 2.08. The Hall–Kier alpha value is -1.46. The first-order valence-corrected chi connectivity index (χ1v) is 5.78. The van der Waals surface area contributed by atoms with E-state index in [-0.39, 0.29) is 12.0 Å². The quantitative estimate of drug-likeness (QED) is 0.810. The predicted octanol–water partition coefficient (Wildman–Crippen LogP) is 0.142. The van der Waals surface area contributed by atoms with Gasteiger partial charge in [0.1, 0.15) is 5.69 Å². The van der Waals surface area contributed by atoms with Gasteiger partial charge >= 0.3 is 0 Å². The van der Waals surface area contributed by atoms with Crippen molar-refractivity contribution in [1.82, 2.24) is 15.2 Å². The molecule has 1 N–H and O–H groups in total. The van der Waals surface area contributed by atoms with Crippen LogP contribution in [0, 0.1) is 0 Å². The van der Waals surface area contributed by atoms with Gasteiger partial charge in [0, 0.05) is 25.8 Å². The van der Waals surface area contributed by atoms with Crippen molar-refractivity contribution in [2.24, 2.45) is 0 Å². The molecular weight excluding hydrogens is 218 g/mol. The highest BCUT2D eigenvalue weighted by molar-refractivity contribution is 5.92. The van der Waals surface area contributed by atoms with E-state index < -0.39 is 0 Å². The first kappa shape index (κ1) is 12.0. The zero-order valence-electron chi connectivity index (χ0n) is 9.93. The molecular formula is C12H17N3O2. The maximum Gasteiger partial charge on any atom is 0.272 e. The molecule has 1 aromatic heterocycles. The monoisotopic (exact) mass is 235 g/mol. The van der Waals surface area contributed by atoms with E-state index in [1.807, 2.05) is 13.1 Å². The summed E-state index contributed by atoms with van der Waals surface area (Å²) in [5.74, 6) is -0.0185. The van der Waals surface area contributed by atoms with E-state index in [0.717, 1.165) is 6.54 Å². The molecule has 92 valence electrons. The molecule has 0 saturated carbocycles. The number of pyridine rings is 1. The van der Waals surface area contributed by atoms with Crippen molar-refractivity contribution in [1.29, 1.82) is 0 Å². The number of hydrogen-bond acceptors (Lipinski definition) is 4. The van der Waals surface area contributed by atoms with Gasteiger partial charge in [0.25, 0.3) is 5.91 Å². The molecule has 0 bridgehead atoms. The molecule has 1 aliphatic heterocycles. The van der Waals surface area contributed by atoms with Gasteiger partial charge in [0.05, 0.1) is 12.7 Å². The van der Waals surface area contributed by atoms with Gasteiger partial charge in [0.15, 0.2) is 0 Å². The highest BCUT2D eigenvalue weighted by Gasteiger charge is 2.24. The molecule has 0 radical (unpaired) electrons. The maximum atomic E-state index is 12.1. The van der Waals surface area contributed by atoms with Crippen LogP contribution < -0.4 is 5.32 Å². The summed E-state index contributed by atoms with van der Waals surface area (Å²) < 4.78 is 5.56. The first-order valence-electron chi connectivity index (χ1n) is 5.78. The summed E-state index contributed by atoms with van der Waals surface area (Å²) in [6, 6.07) is 5.37. The molecule has 1 fully saturated rings. The summed E-state index contributed by atoms with van der Waals surface area (Å²) >= 11 is 0. The number of morpholine rings is 1. The fourth-order valence-electron chi connectivity index (χ4n) is 1.91. The molecule has 5 heteroatoms. The van der Waals surface area contributed by atoms with E-state index in [4.69, 9.17) is 4.74 Å². The van der Waals surface area contributed by atoms with Crippen LogP contribution in [0.2, 0.25) is 0 Å². The number of rotatable bonds is 3. The molecule has 1 amide bonds. The SMILES string of the molecule is CNCC1CN(C(=O)c2ccccn2)CCO1. The van der Waals surface area contributed by atoms with Crippen LogP contribution in [-0.2, 0) is 4.74 Å². The van der Waals surface area contributed by atoms with Crippen LogP contribution in [0.5, 0.6) is 0 Å². The molecule has 1 aromatic rings. The molecule has 2 heterocycles. The summed E-state index contributed by atoms with van der Waals surface area (Å²) in [7, 11) is 1.88. The largest absolute Gasteiger partial charge is 0.373 e. The van der Waals surface area contributed by atoms with E-state index in [1.165, 1.54) is 0 Å². The maximum absolute atomic E-state index is 12.1. The average molecular weight is 235 g/mol. The van der Waals surface area contributed by atoms with Gasteiger partial charge in [-0.3, -0.25) is 9.78 Å². The number of carbonyl (C=O) groups is 1. The standard InChI is InChI=1S/C12H17N3O2/c1-13-8-10-9-15(6-7-17-10)12(16)11-4-2-3-5-14-11/h2-5,10,13H,6-9H2,1H3. The zero-order chi connectivity index (χ0) is 12.1. The van der Waals surface area contributed by atoms with Crippen LogP contribution in [-0.4, -0.2) is 55.2 Å². The van der Waals surface area contributed by atoms with E-state index >= 15 is 0 Å². The second-order valence-corrected chi connectivity index (χ2v) is 4.02. The lowest BCUT2D eigenvalue weighted by Crippen LogP contribution is -2.48. The topological polar surface area (TPSA) is 54.5 Å². The van der Waals surface area contributed by atoms with Gasteiger partial charge in [-0.25, -0.2) is 0 Å². The van der Waals surface area contributed by atoms with Crippen LogP contribution in [0.1, 0.15) is 10.5 Å². The van der Waals surface area contributed by atoms with Crippen molar-refractivity contribution in [3.05, 3.63) is 30.1 Å². The van der Waals surface area contributed by atoms with Gasteiger partial charge < -0.3 is 15.0 Å². The van der Waals surface area contributed by atoms with Crippen molar-refractivity contribution >= 4 is 5.91 Å². The van der Waals surface area contributed by atoms with Crippen molar-refractivity contribution in [2.45, 2.75) is 6.10 Å². The van der Waals surface area contributed by atoms with Crippen LogP contribution in [0.3, 0.4) is 0 Å². The van der Waals surface area contributed by atoms with E-state index in [0.29, 0.717) is 25.4 Å². The fourth-order valence-corrected chi connectivity index (χ4v) is 1.91. The number of amides is 1.